The van der Waals surface area contributed by atoms with Gasteiger partial charge in [0.1, 0.15) is 12.4 Å². The van der Waals surface area contributed by atoms with E-state index in [0.29, 0.717) is 19.0 Å². The highest BCUT2D eigenvalue weighted by Gasteiger charge is 1.90. The average molecular weight is 192 g/mol. The normalized spacial score (nSPS) is 11.4. The number of nitrogens with two attached hydrogens (primary N) is 1. The van der Waals surface area contributed by atoms with Gasteiger partial charge in [0.05, 0.1) is 12.4 Å². The molecular weight excluding hydrogens is 176 g/mol. The molecule has 0 amide bonds. The van der Waals surface area contributed by atoms with E-state index >= 15 is 0 Å². The van der Waals surface area contributed by atoms with Crippen LogP contribution in [0, 0.1) is 0 Å². The molecule has 0 atom stereocenters. The van der Waals surface area contributed by atoms with Gasteiger partial charge in [0.2, 0.25) is 0 Å². The summed E-state index contributed by atoms with van der Waals surface area (Å²) in [4.78, 5) is 4.13. The second kappa shape index (κ2) is 6.02. The van der Waals surface area contributed by atoms with Crippen LogP contribution in [0.5, 0.6) is 5.75 Å². The summed E-state index contributed by atoms with van der Waals surface area (Å²) in [6, 6.07) is 9.69. The minimum Gasteiger partial charge on any atom is -0.492 e. The number of para-hydroxylation sites is 1. The van der Waals surface area contributed by atoms with Gasteiger partial charge in [-0.1, -0.05) is 25.1 Å². The van der Waals surface area contributed by atoms with Crippen molar-refractivity contribution in [2.75, 3.05) is 13.2 Å². The zero-order valence-corrected chi connectivity index (χ0v) is 8.44. The molecule has 0 aliphatic rings. The number of aliphatic imine (C=N–C) groups is 1. The SMILES string of the molecule is CCC(N)=NCCOc1ccccc1. The molecule has 3 nitrogen and oxygen atoms in total. The van der Waals surface area contributed by atoms with E-state index in [9.17, 15) is 0 Å². The Labute approximate surface area is 84.6 Å². The van der Waals surface area contributed by atoms with Crippen LogP contribution >= 0.6 is 0 Å². The summed E-state index contributed by atoms with van der Waals surface area (Å²) in [5.41, 5.74) is 5.55. The molecule has 0 saturated heterocycles. The van der Waals surface area contributed by atoms with Crippen LogP contribution in [0.2, 0.25) is 0 Å². The van der Waals surface area contributed by atoms with Gasteiger partial charge in [0.25, 0.3) is 0 Å². The van der Waals surface area contributed by atoms with Gasteiger partial charge in [0, 0.05) is 6.42 Å². The zero-order chi connectivity index (χ0) is 10.2. The fourth-order valence-corrected chi connectivity index (χ4v) is 0.981. The Bertz CT molecular complexity index is 283. The van der Waals surface area contributed by atoms with Crippen molar-refractivity contribution in [2.45, 2.75) is 13.3 Å². The summed E-state index contributed by atoms with van der Waals surface area (Å²) in [5, 5.41) is 0. The summed E-state index contributed by atoms with van der Waals surface area (Å²) in [7, 11) is 0. The van der Waals surface area contributed by atoms with Gasteiger partial charge in [-0.2, -0.15) is 0 Å². The maximum atomic E-state index is 5.55. The van der Waals surface area contributed by atoms with Crippen LogP contribution < -0.4 is 10.5 Å². The van der Waals surface area contributed by atoms with Gasteiger partial charge in [-0.05, 0) is 12.1 Å². The number of benzene rings is 1. The third-order valence-electron chi connectivity index (χ3n) is 1.78. The lowest BCUT2D eigenvalue weighted by atomic mass is 10.3. The molecule has 0 saturated carbocycles. The smallest absolute Gasteiger partial charge is 0.119 e. The van der Waals surface area contributed by atoms with Gasteiger partial charge >= 0.3 is 0 Å². The highest BCUT2D eigenvalue weighted by atomic mass is 16.5. The molecule has 0 aliphatic heterocycles. The monoisotopic (exact) mass is 192 g/mol. The molecule has 0 bridgehead atoms. The van der Waals surface area contributed by atoms with Gasteiger partial charge in [-0.15, -0.1) is 0 Å². The topological polar surface area (TPSA) is 47.6 Å². The van der Waals surface area contributed by atoms with E-state index in [1.54, 1.807) is 0 Å². The lowest BCUT2D eigenvalue weighted by molar-refractivity contribution is 0.328. The summed E-state index contributed by atoms with van der Waals surface area (Å²) in [5.74, 6) is 1.56. The number of hydrogen-bond acceptors (Lipinski definition) is 2. The number of nitrogens with zero attached hydrogens (tertiary/aromatic N) is 1. The quantitative estimate of drug-likeness (QED) is 0.439. The molecule has 76 valence electrons. The number of amidine groups is 1. The molecule has 1 aromatic carbocycles. The molecule has 2 N–H and O–H groups in total. The largest absolute Gasteiger partial charge is 0.492 e. The molecule has 0 unspecified atom stereocenters. The lowest BCUT2D eigenvalue weighted by Crippen LogP contribution is -2.12. The Balaban J connectivity index is 2.23. The highest BCUT2D eigenvalue weighted by Crippen LogP contribution is 2.07. The Morgan fingerprint density at radius 1 is 1.36 bits per heavy atom. The van der Waals surface area contributed by atoms with Crippen molar-refractivity contribution in [2.24, 2.45) is 10.7 Å². The van der Waals surface area contributed by atoms with E-state index in [1.807, 2.05) is 37.3 Å². The van der Waals surface area contributed by atoms with E-state index < -0.39 is 0 Å². The summed E-state index contributed by atoms with van der Waals surface area (Å²) >= 11 is 0. The number of hydrogen-bond donors (Lipinski definition) is 1. The minimum absolute atomic E-state index is 0.574. The Hall–Kier alpha value is -1.51. The second-order valence-corrected chi connectivity index (χ2v) is 2.89. The van der Waals surface area contributed by atoms with Crippen LogP contribution in [0.15, 0.2) is 35.3 Å². The third kappa shape index (κ3) is 3.94. The molecule has 0 aromatic heterocycles. The van der Waals surface area contributed by atoms with Crippen LogP contribution in [-0.2, 0) is 0 Å². The van der Waals surface area contributed by atoms with E-state index in [0.717, 1.165) is 12.2 Å². The molecular formula is C11H16N2O. The lowest BCUT2D eigenvalue weighted by Gasteiger charge is -2.03. The zero-order valence-electron chi connectivity index (χ0n) is 8.44. The van der Waals surface area contributed by atoms with Crippen LogP contribution in [0.25, 0.3) is 0 Å². The average Bonchev–Trinajstić information content (AvgIpc) is 2.25. The Morgan fingerprint density at radius 3 is 2.71 bits per heavy atom. The molecule has 0 heterocycles. The maximum absolute atomic E-state index is 5.55. The van der Waals surface area contributed by atoms with E-state index in [2.05, 4.69) is 4.99 Å². The molecule has 1 rings (SSSR count). The van der Waals surface area contributed by atoms with E-state index in [-0.39, 0.29) is 0 Å². The molecule has 0 aliphatic carbocycles. The van der Waals surface area contributed by atoms with Crippen molar-refractivity contribution in [1.82, 2.24) is 0 Å². The van der Waals surface area contributed by atoms with Crippen LogP contribution in [0.3, 0.4) is 0 Å². The standard InChI is InChI=1S/C11H16N2O/c1-2-11(12)13-8-9-14-10-6-4-3-5-7-10/h3-7H,2,8-9H2,1H3,(H2,12,13). The summed E-state index contributed by atoms with van der Waals surface area (Å²) < 4.78 is 5.44. The third-order valence-corrected chi connectivity index (χ3v) is 1.78. The van der Waals surface area contributed by atoms with Gasteiger partial charge in [-0.25, -0.2) is 0 Å². The second-order valence-electron chi connectivity index (χ2n) is 2.89. The predicted octanol–water partition coefficient (Wildman–Crippen LogP) is 1.83. The molecule has 1 aromatic rings. The van der Waals surface area contributed by atoms with Gasteiger partial charge in [0.15, 0.2) is 0 Å². The van der Waals surface area contributed by atoms with E-state index in [4.69, 9.17) is 10.5 Å². The fraction of sp³-hybridized carbons (Fsp3) is 0.364. The van der Waals surface area contributed by atoms with Crippen molar-refractivity contribution in [3.63, 3.8) is 0 Å². The minimum atomic E-state index is 0.574. The van der Waals surface area contributed by atoms with Crippen LogP contribution in [0.4, 0.5) is 0 Å². The predicted molar refractivity (Wildman–Crippen MR) is 58.7 cm³/mol. The van der Waals surface area contributed by atoms with Crippen LogP contribution in [0.1, 0.15) is 13.3 Å². The first-order valence-corrected chi connectivity index (χ1v) is 4.79. The van der Waals surface area contributed by atoms with Crippen molar-refractivity contribution >= 4 is 5.84 Å². The van der Waals surface area contributed by atoms with Crippen molar-refractivity contribution in [3.05, 3.63) is 30.3 Å². The molecule has 0 spiro atoms. The molecule has 14 heavy (non-hydrogen) atoms. The summed E-state index contributed by atoms with van der Waals surface area (Å²) in [6.07, 6.45) is 0.797. The van der Waals surface area contributed by atoms with Crippen molar-refractivity contribution < 1.29 is 4.74 Å². The first-order valence-electron chi connectivity index (χ1n) is 4.79. The summed E-state index contributed by atoms with van der Waals surface area (Å²) in [6.45, 7) is 3.18. The fourth-order valence-electron chi connectivity index (χ4n) is 0.981. The Morgan fingerprint density at radius 2 is 2.07 bits per heavy atom. The van der Waals surface area contributed by atoms with Crippen molar-refractivity contribution in [1.29, 1.82) is 0 Å². The van der Waals surface area contributed by atoms with Gasteiger partial charge in [-0.3, -0.25) is 4.99 Å². The first kappa shape index (κ1) is 10.6. The van der Waals surface area contributed by atoms with E-state index in [1.165, 1.54) is 0 Å². The molecule has 0 fully saturated rings. The molecule has 0 radical (unpaired) electrons. The maximum Gasteiger partial charge on any atom is 0.119 e. The van der Waals surface area contributed by atoms with Gasteiger partial charge < -0.3 is 10.5 Å². The highest BCUT2D eigenvalue weighted by molar-refractivity contribution is 5.79. The number of ether oxygens (including phenoxy) is 1. The molecule has 3 heteroatoms. The first-order chi connectivity index (χ1) is 6.83. The number of rotatable bonds is 5. The Kier molecular flexibility index (Phi) is 4.55. The van der Waals surface area contributed by atoms with Crippen molar-refractivity contribution in [3.8, 4) is 5.75 Å². The van der Waals surface area contributed by atoms with Crippen LogP contribution in [-0.4, -0.2) is 19.0 Å².